The van der Waals surface area contributed by atoms with Crippen LogP contribution in [0.25, 0.3) is 32.8 Å². The average molecular weight is 426 g/mol. The van der Waals surface area contributed by atoms with E-state index in [1.165, 1.54) is 11.3 Å². The molecule has 5 rings (SSSR count). The minimum atomic E-state index is -0.300. The van der Waals surface area contributed by atoms with E-state index in [1.54, 1.807) is 0 Å². The molecule has 5 aromatic rings. The van der Waals surface area contributed by atoms with Crippen molar-refractivity contribution in [2.24, 2.45) is 0 Å². The van der Waals surface area contributed by atoms with Crippen molar-refractivity contribution in [3.63, 3.8) is 0 Å². The van der Waals surface area contributed by atoms with Crippen molar-refractivity contribution >= 4 is 32.6 Å². The number of nitrogens with zero attached hydrogens (tertiary/aromatic N) is 2. The summed E-state index contributed by atoms with van der Waals surface area (Å²) in [6.45, 7) is 4.04. The number of thiazole rings is 1. The Labute approximate surface area is 183 Å². The lowest BCUT2D eigenvalue weighted by Gasteiger charge is -2.05. The lowest BCUT2D eigenvalue weighted by molar-refractivity contribution is 0.102. The summed E-state index contributed by atoms with van der Waals surface area (Å²) in [4.78, 5) is 18.0. The van der Waals surface area contributed by atoms with E-state index in [2.05, 4.69) is 15.5 Å². The van der Waals surface area contributed by atoms with Gasteiger partial charge in [0, 0.05) is 11.1 Å². The second kappa shape index (κ2) is 7.81. The van der Waals surface area contributed by atoms with Crippen LogP contribution in [0.4, 0.5) is 5.13 Å². The Morgan fingerprint density at radius 1 is 0.871 bits per heavy atom. The summed E-state index contributed by atoms with van der Waals surface area (Å²) in [5.74, 6) is 0.139. The first-order valence-electron chi connectivity index (χ1n) is 9.89. The number of rotatable bonds is 4. The van der Waals surface area contributed by atoms with E-state index in [0.29, 0.717) is 22.1 Å². The quantitative estimate of drug-likeness (QED) is 0.357. The molecule has 0 unspecified atom stereocenters. The van der Waals surface area contributed by atoms with E-state index in [4.69, 9.17) is 4.52 Å². The number of anilines is 1. The first-order chi connectivity index (χ1) is 15.1. The zero-order valence-corrected chi connectivity index (χ0v) is 17.9. The maximum Gasteiger partial charge on any atom is 0.263 e. The fourth-order valence-electron chi connectivity index (χ4n) is 3.40. The fourth-order valence-corrected chi connectivity index (χ4v) is 4.26. The van der Waals surface area contributed by atoms with Crippen LogP contribution >= 0.6 is 11.3 Å². The Kier molecular flexibility index (Phi) is 4.84. The molecule has 152 valence electrons. The lowest BCUT2D eigenvalue weighted by atomic mass is 10.0. The molecule has 0 aliphatic rings. The van der Waals surface area contributed by atoms with Gasteiger partial charge in [-0.1, -0.05) is 88.3 Å². The molecule has 2 heterocycles. The molecule has 0 radical (unpaired) electrons. The number of carbonyl (C=O) groups is 1. The number of hydrogen-bond donors (Lipinski definition) is 1. The van der Waals surface area contributed by atoms with Gasteiger partial charge in [0.1, 0.15) is 11.3 Å². The van der Waals surface area contributed by atoms with E-state index in [-0.39, 0.29) is 5.91 Å². The van der Waals surface area contributed by atoms with Gasteiger partial charge in [0.05, 0.1) is 10.2 Å². The van der Waals surface area contributed by atoms with E-state index in [9.17, 15) is 4.79 Å². The highest BCUT2D eigenvalue weighted by atomic mass is 32.1. The van der Waals surface area contributed by atoms with Gasteiger partial charge in [0.25, 0.3) is 5.91 Å². The molecule has 2 aromatic heterocycles. The van der Waals surface area contributed by atoms with Gasteiger partial charge in [-0.25, -0.2) is 4.98 Å². The van der Waals surface area contributed by atoms with Crippen molar-refractivity contribution in [2.75, 3.05) is 5.32 Å². The fraction of sp³-hybridized carbons (Fsp3) is 0.0800. The third kappa shape index (κ3) is 3.73. The molecule has 0 fully saturated rings. The van der Waals surface area contributed by atoms with Crippen molar-refractivity contribution in [2.45, 2.75) is 13.8 Å². The van der Waals surface area contributed by atoms with Gasteiger partial charge in [0.2, 0.25) is 0 Å². The van der Waals surface area contributed by atoms with Gasteiger partial charge < -0.3 is 4.52 Å². The minimum absolute atomic E-state index is 0.300. The number of carbonyl (C=O) groups excluding carboxylic acids is 1. The summed E-state index contributed by atoms with van der Waals surface area (Å²) in [7, 11) is 0. The number of fused-ring (bicyclic) bond motifs is 1. The van der Waals surface area contributed by atoms with Crippen LogP contribution in [0.1, 0.15) is 21.5 Å². The number of amides is 1. The van der Waals surface area contributed by atoms with Gasteiger partial charge in [-0.15, -0.1) is 0 Å². The van der Waals surface area contributed by atoms with Crippen LogP contribution in [-0.4, -0.2) is 16.0 Å². The average Bonchev–Trinajstić information content (AvgIpc) is 3.39. The summed E-state index contributed by atoms with van der Waals surface area (Å²) < 4.78 is 6.71. The van der Waals surface area contributed by atoms with Crippen molar-refractivity contribution in [1.29, 1.82) is 0 Å². The second-order valence-corrected chi connectivity index (χ2v) is 8.44. The highest BCUT2D eigenvalue weighted by Crippen LogP contribution is 2.34. The molecule has 0 aliphatic carbocycles. The molecule has 6 heteroatoms. The van der Waals surface area contributed by atoms with Crippen LogP contribution in [-0.2, 0) is 0 Å². The Hall–Kier alpha value is -3.77. The van der Waals surface area contributed by atoms with Gasteiger partial charge in [-0.05, 0) is 26.0 Å². The Morgan fingerprint density at radius 3 is 2.19 bits per heavy atom. The van der Waals surface area contributed by atoms with E-state index in [0.717, 1.165) is 32.5 Å². The summed E-state index contributed by atoms with van der Waals surface area (Å²) in [6, 6.07) is 23.5. The molecule has 0 atom stereocenters. The van der Waals surface area contributed by atoms with Crippen molar-refractivity contribution in [3.05, 3.63) is 89.5 Å². The van der Waals surface area contributed by atoms with E-state index < -0.39 is 0 Å². The predicted octanol–water partition coefficient (Wildman–Crippen LogP) is 6.49. The molecule has 0 spiro atoms. The van der Waals surface area contributed by atoms with Crippen molar-refractivity contribution < 1.29 is 9.32 Å². The summed E-state index contributed by atoms with van der Waals surface area (Å²) >= 11 is 1.44. The molecular weight excluding hydrogens is 406 g/mol. The van der Waals surface area contributed by atoms with Crippen LogP contribution in [0.15, 0.2) is 77.3 Å². The van der Waals surface area contributed by atoms with Crippen LogP contribution in [0.2, 0.25) is 0 Å². The molecule has 31 heavy (non-hydrogen) atoms. The highest BCUT2D eigenvalue weighted by Gasteiger charge is 2.26. The number of hydrogen-bond acceptors (Lipinski definition) is 5. The topological polar surface area (TPSA) is 68.0 Å². The zero-order valence-electron chi connectivity index (χ0n) is 17.0. The molecule has 1 amide bonds. The molecule has 0 bridgehead atoms. The number of nitrogens with one attached hydrogen (secondary N) is 1. The van der Waals surface area contributed by atoms with Crippen LogP contribution in [0.3, 0.4) is 0 Å². The smallest absolute Gasteiger partial charge is 0.263 e. The van der Waals surface area contributed by atoms with Crippen LogP contribution < -0.4 is 5.32 Å². The number of benzene rings is 3. The Morgan fingerprint density at radius 2 is 1.52 bits per heavy atom. The summed E-state index contributed by atoms with van der Waals surface area (Å²) in [5, 5.41) is 7.75. The number of aryl methyl sites for hydroxylation is 2. The molecule has 3 aromatic carbocycles. The molecule has 0 saturated heterocycles. The third-order valence-corrected chi connectivity index (χ3v) is 6.02. The molecule has 1 N–H and O–H groups in total. The maximum atomic E-state index is 13.4. The first-order valence-corrected chi connectivity index (χ1v) is 10.7. The van der Waals surface area contributed by atoms with E-state index in [1.807, 2.05) is 86.6 Å². The first kappa shape index (κ1) is 19.2. The second-order valence-electron chi connectivity index (χ2n) is 7.41. The normalized spacial score (nSPS) is 11.0. The molecular formula is C25H19N3O2S. The predicted molar refractivity (Wildman–Crippen MR) is 124 cm³/mol. The Bertz CT molecular complexity index is 1290. The number of aromatic nitrogens is 2. The maximum absolute atomic E-state index is 13.4. The summed E-state index contributed by atoms with van der Waals surface area (Å²) in [5.41, 5.74) is 5.63. The number of para-hydroxylation sites is 1. The Balaban J connectivity index is 1.59. The van der Waals surface area contributed by atoms with Crippen molar-refractivity contribution in [3.8, 4) is 22.6 Å². The highest BCUT2D eigenvalue weighted by molar-refractivity contribution is 7.22. The monoisotopic (exact) mass is 425 g/mol. The molecule has 0 saturated carbocycles. The van der Waals surface area contributed by atoms with Gasteiger partial charge in [-0.3, -0.25) is 10.1 Å². The standard InChI is InChI=1S/C25H19N3O2S/c1-15-7-11-17(12-8-15)22-21(23(30-28-22)18-13-9-16(2)10-14-18)24(29)27-25-26-19-5-3-4-6-20(19)31-25/h3-14H,1-2H3,(H,26,27,29). The van der Waals surface area contributed by atoms with Gasteiger partial charge in [-0.2, -0.15) is 0 Å². The largest absolute Gasteiger partial charge is 0.355 e. The van der Waals surface area contributed by atoms with Gasteiger partial charge in [0.15, 0.2) is 10.9 Å². The SMILES string of the molecule is Cc1ccc(-c2noc(-c3ccc(C)cc3)c2C(=O)Nc2nc3ccccc3s2)cc1. The third-order valence-electron chi connectivity index (χ3n) is 5.07. The zero-order chi connectivity index (χ0) is 21.4. The van der Waals surface area contributed by atoms with Crippen molar-refractivity contribution in [1.82, 2.24) is 10.1 Å². The summed E-state index contributed by atoms with van der Waals surface area (Å²) in [6.07, 6.45) is 0. The lowest BCUT2D eigenvalue weighted by Crippen LogP contribution is -2.13. The van der Waals surface area contributed by atoms with Crippen LogP contribution in [0, 0.1) is 13.8 Å². The van der Waals surface area contributed by atoms with E-state index >= 15 is 0 Å². The van der Waals surface area contributed by atoms with Crippen LogP contribution in [0.5, 0.6) is 0 Å². The minimum Gasteiger partial charge on any atom is -0.355 e. The molecule has 5 nitrogen and oxygen atoms in total. The molecule has 0 aliphatic heterocycles. The van der Waals surface area contributed by atoms with Gasteiger partial charge >= 0.3 is 0 Å².